The molecule has 0 fully saturated rings. The molecule has 0 saturated carbocycles. The van der Waals surface area contributed by atoms with E-state index in [9.17, 15) is 5.21 Å². The Morgan fingerprint density at radius 1 is 1.53 bits per heavy atom. The van der Waals surface area contributed by atoms with E-state index >= 15 is 0 Å². The number of fused-ring (bicyclic) bond motifs is 1. The van der Waals surface area contributed by atoms with Gasteiger partial charge in [0.15, 0.2) is 0 Å². The molecule has 15 heavy (non-hydrogen) atoms. The third-order valence-electron chi connectivity index (χ3n) is 2.17. The zero-order valence-electron chi connectivity index (χ0n) is 8.40. The highest BCUT2D eigenvalue weighted by Crippen LogP contribution is 2.24. The Kier molecular flexibility index (Phi) is 2.29. The molecule has 3 N–H and O–H groups in total. The third kappa shape index (κ3) is 1.63. The molecule has 0 bridgehead atoms. The monoisotopic (exact) mass is 204 g/mol. The van der Waals surface area contributed by atoms with E-state index in [1.54, 1.807) is 6.07 Å². The van der Waals surface area contributed by atoms with Crippen LogP contribution in [0.25, 0.3) is 10.9 Å². The second kappa shape index (κ2) is 3.61. The summed E-state index contributed by atoms with van der Waals surface area (Å²) in [5.74, 6) is 0. The van der Waals surface area contributed by atoms with Crippen molar-refractivity contribution in [2.75, 3.05) is 17.6 Å². The molecule has 78 valence electrons. The number of hydrogen-bond donors (Lipinski definition) is 2. The lowest BCUT2D eigenvalue weighted by Gasteiger charge is -2.07. The second-order valence-electron chi connectivity index (χ2n) is 3.23. The molecular weight excluding hydrogens is 192 g/mol. The zero-order valence-corrected chi connectivity index (χ0v) is 8.40. The van der Waals surface area contributed by atoms with Crippen molar-refractivity contribution in [1.29, 1.82) is 0 Å². The fourth-order valence-corrected chi connectivity index (χ4v) is 1.52. The van der Waals surface area contributed by atoms with Gasteiger partial charge in [0.2, 0.25) is 5.52 Å². The maximum absolute atomic E-state index is 11.1. The number of nitrogens with zero attached hydrogens (tertiary/aromatic N) is 2. The van der Waals surface area contributed by atoms with E-state index in [1.807, 2.05) is 13.0 Å². The summed E-state index contributed by atoms with van der Waals surface area (Å²) in [4.78, 5) is 4.01. The van der Waals surface area contributed by atoms with Gasteiger partial charge in [0.25, 0.3) is 6.33 Å². The van der Waals surface area contributed by atoms with Crippen molar-refractivity contribution < 1.29 is 4.73 Å². The summed E-state index contributed by atoms with van der Waals surface area (Å²) < 4.78 is 0.669. The van der Waals surface area contributed by atoms with Gasteiger partial charge in [-0.25, -0.2) is 4.73 Å². The summed E-state index contributed by atoms with van der Waals surface area (Å²) in [6.07, 6.45) is 2.67. The predicted octanol–water partition coefficient (Wildman–Crippen LogP) is 0.882. The standard InChI is InChI=1S/C10H12N4O/c1-2-12-9-4-3-8(11)10-7(9)5-14(15)6-13-10/h3-6,12H,2,11H2,1H3. The predicted molar refractivity (Wildman–Crippen MR) is 59.3 cm³/mol. The number of nitrogens with one attached hydrogen (secondary N) is 1. The van der Waals surface area contributed by atoms with Crippen LogP contribution in [0.1, 0.15) is 6.92 Å². The first-order valence-electron chi connectivity index (χ1n) is 4.73. The normalized spacial score (nSPS) is 10.5. The van der Waals surface area contributed by atoms with Crippen LogP contribution in [0, 0.1) is 5.21 Å². The van der Waals surface area contributed by atoms with Crippen molar-refractivity contribution >= 4 is 22.3 Å². The van der Waals surface area contributed by atoms with Crippen LogP contribution in [0.5, 0.6) is 0 Å². The molecule has 5 nitrogen and oxygen atoms in total. The van der Waals surface area contributed by atoms with E-state index < -0.39 is 0 Å². The largest absolute Gasteiger partial charge is 0.711 e. The molecule has 1 aromatic heterocycles. The zero-order chi connectivity index (χ0) is 10.8. The minimum Gasteiger partial charge on any atom is -0.711 e. The van der Waals surface area contributed by atoms with Gasteiger partial charge in [0.05, 0.1) is 11.1 Å². The highest BCUT2D eigenvalue weighted by molar-refractivity contribution is 5.97. The highest BCUT2D eigenvalue weighted by atomic mass is 16.5. The molecule has 2 aromatic rings. The molecule has 0 atom stereocenters. The van der Waals surface area contributed by atoms with Crippen molar-refractivity contribution in [2.24, 2.45) is 0 Å². The number of nitrogens with two attached hydrogens (primary N) is 1. The van der Waals surface area contributed by atoms with Gasteiger partial charge in [-0.3, -0.25) is 0 Å². The van der Waals surface area contributed by atoms with Crippen LogP contribution in [0.2, 0.25) is 0 Å². The van der Waals surface area contributed by atoms with Gasteiger partial charge in [0.1, 0.15) is 6.20 Å². The van der Waals surface area contributed by atoms with Gasteiger partial charge in [-0.1, -0.05) is 0 Å². The van der Waals surface area contributed by atoms with E-state index in [0.29, 0.717) is 15.9 Å². The summed E-state index contributed by atoms with van der Waals surface area (Å²) in [7, 11) is 0. The Morgan fingerprint density at radius 2 is 2.33 bits per heavy atom. The Balaban J connectivity index is 2.72. The molecule has 5 heteroatoms. The molecule has 0 saturated heterocycles. The average Bonchev–Trinajstić information content (AvgIpc) is 2.22. The van der Waals surface area contributed by atoms with Crippen LogP contribution >= 0.6 is 0 Å². The molecule has 0 spiro atoms. The maximum atomic E-state index is 11.1. The molecule has 0 amide bonds. The van der Waals surface area contributed by atoms with Gasteiger partial charge in [0, 0.05) is 12.2 Å². The van der Waals surface area contributed by atoms with Crippen LogP contribution < -0.4 is 15.8 Å². The topological polar surface area (TPSA) is 77.9 Å². The number of anilines is 2. The Morgan fingerprint density at radius 3 is 3.07 bits per heavy atom. The first kappa shape index (κ1) is 9.51. The molecule has 0 unspecified atom stereocenters. The first-order chi connectivity index (χ1) is 7.22. The molecule has 1 aromatic carbocycles. The van der Waals surface area contributed by atoms with Crippen molar-refractivity contribution in [3.8, 4) is 0 Å². The van der Waals surface area contributed by atoms with Crippen molar-refractivity contribution in [3.63, 3.8) is 0 Å². The fourth-order valence-electron chi connectivity index (χ4n) is 1.52. The van der Waals surface area contributed by atoms with Crippen LogP contribution in [0.15, 0.2) is 24.7 Å². The van der Waals surface area contributed by atoms with Gasteiger partial charge >= 0.3 is 0 Å². The van der Waals surface area contributed by atoms with Gasteiger partial charge in [-0.05, 0) is 24.0 Å². The molecule has 0 aliphatic heterocycles. The summed E-state index contributed by atoms with van der Waals surface area (Å²) in [6, 6.07) is 3.63. The maximum Gasteiger partial charge on any atom is 0.289 e. The van der Waals surface area contributed by atoms with Crippen molar-refractivity contribution in [2.45, 2.75) is 6.92 Å². The molecule has 1 heterocycles. The van der Waals surface area contributed by atoms with Gasteiger partial charge in [-0.2, -0.15) is 0 Å². The number of benzene rings is 1. The first-order valence-corrected chi connectivity index (χ1v) is 4.73. The minimum absolute atomic E-state index is 0.576. The Bertz CT molecular complexity index is 498. The fraction of sp³-hybridized carbons (Fsp3) is 0.200. The summed E-state index contributed by atoms with van der Waals surface area (Å²) in [5, 5.41) is 15.0. The number of rotatable bonds is 2. The molecule has 2 rings (SSSR count). The number of hydrogen-bond acceptors (Lipinski definition) is 4. The van der Waals surface area contributed by atoms with Crippen LogP contribution in [-0.4, -0.2) is 11.5 Å². The SMILES string of the molecule is CCNc1ccc(N)c2nc[n+]([O-])cc12. The molecule has 0 aliphatic rings. The molecule has 0 radical (unpaired) electrons. The lowest BCUT2D eigenvalue weighted by molar-refractivity contribution is -0.607. The van der Waals surface area contributed by atoms with Crippen LogP contribution in [0.3, 0.4) is 0 Å². The molecular formula is C10H12N4O. The van der Waals surface area contributed by atoms with Crippen LogP contribution in [0.4, 0.5) is 11.4 Å². The quantitative estimate of drug-likeness (QED) is 0.432. The third-order valence-corrected chi connectivity index (χ3v) is 2.17. The minimum atomic E-state index is 0.576. The highest BCUT2D eigenvalue weighted by Gasteiger charge is 2.09. The van der Waals surface area contributed by atoms with Crippen molar-refractivity contribution in [3.05, 3.63) is 29.9 Å². The number of aromatic nitrogens is 2. The lowest BCUT2D eigenvalue weighted by atomic mass is 10.2. The molecule has 0 aliphatic carbocycles. The lowest BCUT2D eigenvalue weighted by Crippen LogP contribution is -2.25. The summed E-state index contributed by atoms with van der Waals surface area (Å²) in [6.45, 7) is 2.77. The van der Waals surface area contributed by atoms with Gasteiger partial charge < -0.3 is 16.3 Å². The van der Waals surface area contributed by atoms with Crippen molar-refractivity contribution in [1.82, 2.24) is 4.98 Å². The van der Waals surface area contributed by atoms with E-state index in [2.05, 4.69) is 10.3 Å². The number of nitrogen functional groups attached to an aromatic ring is 1. The van der Waals surface area contributed by atoms with E-state index in [4.69, 9.17) is 5.73 Å². The Labute approximate surface area is 87.1 Å². The van der Waals surface area contributed by atoms with E-state index in [0.717, 1.165) is 17.6 Å². The Hall–Kier alpha value is -2.04. The summed E-state index contributed by atoms with van der Waals surface area (Å²) in [5.41, 5.74) is 7.87. The van der Waals surface area contributed by atoms with E-state index in [-0.39, 0.29) is 0 Å². The smallest absolute Gasteiger partial charge is 0.289 e. The summed E-state index contributed by atoms with van der Waals surface area (Å²) >= 11 is 0. The van der Waals surface area contributed by atoms with Gasteiger partial charge in [-0.15, -0.1) is 0 Å². The van der Waals surface area contributed by atoms with Crippen LogP contribution in [-0.2, 0) is 0 Å². The second-order valence-corrected chi connectivity index (χ2v) is 3.23. The van der Waals surface area contributed by atoms with E-state index in [1.165, 1.54) is 12.5 Å². The average molecular weight is 204 g/mol.